The molecular formula is C25H32N4O5S. The molecule has 1 unspecified atom stereocenters. The van der Waals surface area contributed by atoms with Gasteiger partial charge in [0, 0.05) is 45.5 Å². The van der Waals surface area contributed by atoms with Gasteiger partial charge in [-0.1, -0.05) is 0 Å². The lowest BCUT2D eigenvalue weighted by Crippen LogP contribution is -2.28. The number of hydrogen-bond acceptors (Lipinski definition) is 6. The topological polar surface area (TPSA) is 99.7 Å². The van der Waals surface area contributed by atoms with Crippen molar-refractivity contribution in [2.75, 3.05) is 31.2 Å². The van der Waals surface area contributed by atoms with Crippen LogP contribution in [-0.2, 0) is 32.6 Å². The first kappa shape index (κ1) is 25.3. The average molecular weight is 501 g/mol. The van der Waals surface area contributed by atoms with Crippen LogP contribution in [0.15, 0.2) is 47.4 Å². The molecule has 9 nitrogen and oxygen atoms in total. The Morgan fingerprint density at radius 1 is 1.23 bits per heavy atom. The molecule has 1 aromatic heterocycles. The van der Waals surface area contributed by atoms with Crippen LogP contribution in [0.4, 0.5) is 11.4 Å². The first-order chi connectivity index (χ1) is 16.7. The fourth-order valence-electron chi connectivity index (χ4n) is 4.40. The maximum atomic E-state index is 13.3. The molecular weight excluding hydrogens is 468 g/mol. The summed E-state index contributed by atoms with van der Waals surface area (Å²) in [6, 6.07) is 11.8. The van der Waals surface area contributed by atoms with Crippen LogP contribution in [0.2, 0.25) is 0 Å². The molecule has 4 rings (SSSR count). The Morgan fingerprint density at radius 2 is 1.91 bits per heavy atom. The highest BCUT2D eigenvalue weighted by molar-refractivity contribution is 7.86. The Labute approximate surface area is 207 Å². The van der Waals surface area contributed by atoms with Crippen LogP contribution in [-0.4, -0.2) is 45.6 Å². The molecule has 1 fully saturated rings. The van der Waals surface area contributed by atoms with E-state index in [1.165, 1.54) is 24.3 Å². The number of anilines is 1. The average Bonchev–Trinajstić information content (AvgIpc) is 3.23. The number of nitro benzene ring substituents is 1. The highest BCUT2D eigenvalue weighted by Crippen LogP contribution is 2.32. The second-order valence-electron chi connectivity index (χ2n) is 9.18. The number of aromatic nitrogens is 2. The number of nitrogens with zero attached hydrogens (tertiary/aromatic N) is 4. The van der Waals surface area contributed by atoms with Gasteiger partial charge >= 0.3 is 0 Å². The van der Waals surface area contributed by atoms with E-state index in [4.69, 9.17) is 14.5 Å². The summed E-state index contributed by atoms with van der Waals surface area (Å²) in [4.78, 5) is 16.0. The van der Waals surface area contributed by atoms with E-state index in [1.807, 2.05) is 39.0 Å². The second-order valence-corrected chi connectivity index (χ2v) is 10.6. The van der Waals surface area contributed by atoms with Crippen molar-refractivity contribution in [3.05, 3.63) is 58.4 Å². The van der Waals surface area contributed by atoms with Gasteiger partial charge in [0.2, 0.25) is 0 Å². The number of hydrogen-bond donors (Lipinski definition) is 0. The van der Waals surface area contributed by atoms with Crippen LogP contribution in [0.1, 0.15) is 39.4 Å². The number of fused-ring (bicyclic) bond motifs is 1. The maximum absolute atomic E-state index is 13.3. The van der Waals surface area contributed by atoms with E-state index in [-0.39, 0.29) is 5.69 Å². The molecule has 2 aromatic carbocycles. The normalized spacial score (nSPS) is 15.9. The standard InChI is InChI=1S/C25H32N4O5S/c1-5-28(35(32)21-9-6-19(7-10-21)29(30)31)20-8-11-23-22(16-20)26-24(25(2,3)33-4)27(23)17-18-12-14-34-15-13-18/h6-11,16,18H,5,12-15,17H2,1-4H3. The molecule has 1 atom stereocenters. The van der Waals surface area contributed by atoms with E-state index in [0.29, 0.717) is 17.4 Å². The summed E-state index contributed by atoms with van der Waals surface area (Å²) in [5, 5.41) is 11.0. The van der Waals surface area contributed by atoms with Crippen molar-refractivity contribution in [1.29, 1.82) is 0 Å². The largest absolute Gasteiger partial charge is 0.381 e. The quantitative estimate of drug-likeness (QED) is 0.309. The molecule has 2 heterocycles. The second kappa shape index (κ2) is 10.4. The van der Waals surface area contributed by atoms with Crippen molar-refractivity contribution >= 4 is 33.4 Å². The van der Waals surface area contributed by atoms with E-state index in [9.17, 15) is 14.3 Å². The first-order valence-corrected chi connectivity index (χ1v) is 12.9. The molecule has 35 heavy (non-hydrogen) atoms. The van der Waals surface area contributed by atoms with Crippen LogP contribution in [0, 0.1) is 16.0 Å². The zero-order valence-corrected chi connectivity index (χ0v) is 21.4. The molecule has 0 N–H and O–H groups in total. The molecule has 1 saturated heterocycles. The molecule has 0 aliphatic carbocycles. The molecule has 1 aliphatic heterocycles. The summed E-state index contributed by atoms with van der Waals surface area (Å²) in [7, 11) is 0.168. The highest BCUT2D eigenvalue weighted by atomic mass is 32.2. The monoisotopic (exact) mass is 500 g/mol. The number of nitro groups is 1. The third-order valence-electron chi connectivity index (χ3n) is 6.59. The maximum Gasteiger partial charge on any atom is 0.269 e. The first-order valence-electron chi connectivity index (χ1n) is 11.8. The van der Waals surface area contributed by atoms with Gasteiger partial charge in [0.25, 0.3) is 5.69 Å². The fourth-order valence-corrected chi connectivity index (χ4v) is 5.57. The van der Waals surface area contributed by atoms with Gasteiger partial charge in [-0.05, 0) is 69.9 Å². The summed E-state index contributed by atoms with van der Waals surface area (Å²) in [5.74, 6) is 1.37. The number of imidazole rings is 1. The molecule has 0 spiro atoms. The van der Waals surface area contributed by atoms with E-state index in [0.717, 1.165) is 55.1 Å². The zero-order valence-electron chi connectivity index (χ0n) is 20.6. The van der Waals surface area contributed by atoms with E-state index in [2.05, 4.69) is 4.57 Å². The van der Waals surface area contributed by atoms with E-state index < -0.39 is 21.5 Å². The number of non-ortho nitro benzene ring substituents is 1. The Morgan fingerprint density at radius 3 is 2.51 bits per heavy atom. The van der Waals surface area contributed by atoms with Crippen molar-refractivity contribution in [1.82, 2.24) is 9.55 Å². The predicted octanol–water partition coefficient (Wildman–Crippen LogP) is 4.80. The van der Waals surface area contributed by atoms with Gasteiger partial charge in [-0.25, -0.2) is 9.19 Å². The lowest BCUT2D eigenvalue weighted by Gasteiger charge is -2.27. The van der Waals surface area contributed by atoms with Crippen LogP contribution >= 0.6 is 0 Å². The summed E-state index contributed by atoms with van der Waals surface area (Å²) >= 11 is 0. The van der Waals surface area contributed by atoms with E-state index in [1.54, 1.807) is 11.4 Å². The lowest BCUT2D eigenvalue weighted by molar-refractivity contribution is -0.384. The summed E-state index contributed by atoms with van der Waals surface area (Å²) in [6.07, 6.45) is 2.03. The number of methoxy groups -OCH3 is 1. The van der Waals surface area contributed by atoms with E-state index >= 15 is 0 Å². The third-order valence-corrected chi connectivity index (χ3v) is 8.13. The molecule has 188 valence electrons. The Hall–Kier alpha value is -2.82. The number of ether oxygens (including phenoxy) is 2. The Bertz CT molecular complexity index is 1220. The minimum atomic E-state index is -1.52. The van der Waals surface area contributed by atoms with Gasteiger partial charge < -0.3 is 14.0 Å². The van der Waals surface area contributed by atoms with Crippen LogP contribution in [0.3, 0.4) is 0 Å². The van der Waals surface area contributed by atoms with Gasteiger partial charge in [0.05, 0.1) is 26.5 Å². The fraction of sp³-hybridized carbons (Fsp3) is 0.480. The molecule has 0 saturated carbocycles. The predicted molar refractivity (Wildman–Crippen MR) is 136 cm³/mol. The van der Waals surface area contributed by atoms with Gasteiger partial charge in [-0.15, -0.1) is 0 Å². The van der Waals surface area contributed by atoms with Crippen molar-refractivity contribution in [3.63, 3.8) is 0 Å². The molecule has 3 aromatic rings. The smallest absolute Gasteiger partial charge is 0.269 e. The van der Waals surface area contributed by atoms with Gasteiger partial charge in [-0.2, -0.15) is 0 Å². The summed E-state index contributed by atoms with van der Waals surface area (Å²) < 4.78 is 28.7. The Balaban J connectivity index is 1.70. The summed E-state index contributed by atoms with van der Waals surface area (Å²) in [5.41, 5.74) is 2.00. The molecule has 0 amide bonds. The minimum Gasteiger partial charge on any atom is -0.381 e. The molecule has 10 heteroatoms. The molecule has 1 aliphatic rings. The van der Waals surface area contributed by atoms with Crippen molar-refractivity contribution in [2.24, 2.45) is 5.92 Å². The van der Waals surface area contributed by atoms with Crippen LogP contribution < -0.4 is 4.31 Å². The van der Waals surface area contributed by atoms with Crippen molar-refractivity contribution in [3.8, 4) is 0 Å². The molecule has 0 radical (unpaired) electrons. The number of rotatable bonds is 9. The number of benzene rings is 2. The van der Waals surface area contributed by atoms with Gasteiger partial charge in [-0.3, -0.25) is 14.4 Å². The zero-order chi connectivity index (χ0) is 25.2. The van der Waals surface area contributed by atoms with Crippen LogP contribution in [0.25, 0.3) is 11.0 Å². The molecule has 0 bridgehead atoms. The van der Waals surface area contributed by atoms with Gasteiger partial charge in [0.15, 0.2) is 11.0 Å². The third kappa shape index (κ3) is 5.24. The summed E-state index contributed by atoms with van der Waals surface area (Å²) in [6.45, 7) is 8.85. The Kier molecular flexibility index (Phi) is 7.53. The minimum absolute atomic E-state index is 0.0291. The van der Waals surface area contributed by atoms with Gasteiger partial charge in [0.1, 0.15) is 11.4 Å². The lowest BCUT2D eigenvalue weighted by atomic mass is 9.99. The van der Waals surface area contributed by atoms with Crippen LogP contribution in [0.5, 0.6) is 0 Å². The van der Waals surface area contributed by atoms with Crippen molar-refractivity contribution < 1.29 is 18.6 Å². The highest BCUT2D eigenvalue weighted by Gasteiger charge is 2.29. The van der Waals surface area contributed by atoms with Crippen molar-refractivity contribution in [2.45, 2.75) is 50.7 Å². The SMILES string of the molecule is CCN(c1ccc2c(c1)nc(C(C)(C)OC)n2CC1CCOCC1)S(=O)c1ccc([N+](=O)[O-])cc1.